The Morgan fingerprint density at radius 1 is 1.23 bits per heavy atom. The van der Waals surface area contributed by atoms with Crippen molar-refractivity contribution >= 4 is 23.5 Å². The van der Waals surface area contributed by atoms with Crippen LogP contribution in [0.25, 0.3) is 6.08 Å². The Hall–Kier alpha value is -3.29. The van der Waals surface area contributed by atoms with E-state index in [-0.39, 0.29) is 12.7 Å². The molecule has 0 atom stereocenters. The van der Waals surface area contributed by atoms with Crippen LogP contribution in [0.5, 0.6) is 11.5 Å². The zero-order chi connectivity index (χ0) is 18.4. The van der Waals surface area contributed by atoms with E-state index in [1.165, 1.54) is 6.08 Å². The minimum Gasteiger partial charge on any atom is -0.454 e. The molecule has 0 aliphatic carbocycles. The smallest absolute Gasteiger partial charge is 0.244 e. The molecule has 2 heterocycles. The highest BCUT2D eigenvalue weighted by molar-refractivity contribution is 5.91. The molecule has 0 unspecified atom stereocenters. The molecule has 1 aliphatic rings. The lowest BCUT2D eigenvalue weighted by atomic mass is 10.2. The van der Waals surface area contributed by atoms with Crippen LogP contribution in [0.1, 0.15) is 5.56 Å². The number of aromatic nitrogens is 2. The van der Waals surface area contributed by atoms with Crippen LogP contribution in [0, 0.1) is 0 Å². The lowest BCUT2D eigenvalue weighted by molar-refractivity contribution is -0.116. The summed E-state index contributed by atoms with van der Waals surface area (Å²) in [5, 5.41) is 13.9. The van der Waals surface area contributed by atoms with Crippen LogP contribution in [0.4, 0.5) is 11.5 Å². The molecule has 0 spiro atoms. The predicted octanol–water partition coefficient (Wildman–Crippen LogP) is 1.51. The first kappa shape index (κ1) is 17.5. The van der Waals surface area contributed by atoms with Crippen molar-refractivity contribution in [3.63, 3.8) is 0 Å². The molecule has 1 aromatic carbocycles. The molecule has 3 rings (SSSR count). The third-order valence-corrected chi connectivity index (χ3v) is 3.71. The van der Waals surface area contributed by atoms with Crippen molar-refractivity contribution in [3.8, 4) is 11.5 Å². The molecule has 136 valence electrons. The number of hydrogen-bond donors (Lipinski definition) is 2. The quantitative estimate of drug-likeness (QED) is 0.575. The Labute approximate surface area is 151 Å². The number of carbonyl (C=O) groups excluding carboxylic acids is 1. The van der Waals surface area contributed by atoms with Crippen molar-refractivity contribution in [1.29, 1.82) is 0 Å². The highest BCUT2D eigenvalue weighted by Gasteiger charge is 2.12. The van der Waals surface area contributed by atoms with Crippen LogP contribution in [-0.4, -0.2) is 50.1 Å². The van der Waals surface area contributed by atoms with Gasteiger partial charge in [0, 0.05) is 39.3 Å². The molecule has 0 radical (unpaired) electrons. The first-order valence-electron chi connectivity index (χ1n) is 8.21. The molecule has 1 amide bonds. The molecule has 8 nitrogen and oxygen atoms in total. The molecule has 26 heavy (non-hydrogen) atoms. The van der Waals surface area contributed by atoms with Gasteiger partial charge in [-0.05, 0) is 23.8 Å². The summed E-state index contributed by atoms with van der Waals surface area (Å²) in [6, 6.07) is 7.43. The molecule has 0 saturated heterocycles. The van der Waals surface area contributed by atoms with Gasteiger partial charge in [0.05, 0.1) is 11.9 Å². The number of nitrogens with zero attached hydrogens (tertiary/aromatic N) is 3. The summed E-state index contributed by atoms with van der Waals surface area (Å²) >= 11 is 0. The van der Waals surface area contributed by atoms with Crippen molar-refractivity contribution in [2.45, 2.75) is 0 Å². The third-order valence-electron chi connectivity index (χ3n) is 3.71. The lowest BCUT2D eigenvalue weighted by Gasteiger charge is -2.12. The largest absolute Gasteiger partial charge is 0.454 e. The van der Waals surface area contributed by atoms with Gasteiger partial charge in [0.2, 0.25) is 12.7 Å². The minimum absolute atomic E-state index is 0.169. The number of benzene rings is 1. The van der Waals surface area contributed by atoms with Gasteiger partial charge in [0.15, 0.2) is 17.3 Å². The second kappa shape index (κ2) is 8.19. The van der Waals surface area contributed by atoms with Crippen LogP contribution in [0.15, 0.2) is 36.5 Å². The monoisotopic (exact) mass is 355 g/mol. The topological polar surface area (TPSA) is 88.6 Å². The molecule has 0 saturated carbocycles. The van der Waals surface area contributed by atoms with Gasteiger partial charge < -0.3 is 25.0 Å². The van der Waals surface area contributed by atoms with Gasteiger partial charge in [-0.3, -0.25) is 4.79 Å². The maximum atomic E-state index is 11.9. The number of nitrogens with one attached hydrogen (secondary N) is 2. The van der Waals surface area contributed by atoms with Gasteiger partial charge in [-0.2, -0.15) is 5.10 Å². The summed E-state index contributed by atoms with van der Waals surface area (Å²) < 4.78 is 10.6. The number of hydrogen-bond acceptors (Lipinski definition) is 7. The Morgan fingerprint density at radius 2 is 2.08 bits per heavy atom. The van der Waals surface area contributed by atoms with Crippen molar-refractivity contribution in [3.05, 3.63) is 42.1 Å². The highest BCUT2D eigenvalue weighted by atomic mass is 16.7. The predicted molar refractivity (Wildman–Crippen MR) is 99.5 cm³/mol. The van der Waals surface area contributed by atoms with E-state index in [0.29, 0.717) is 24.7 Å². The Morgan fingerprint density at radius 3 is 2.92 bits per heavy atom. The number of fused-ring (bicyclic) bond motifs is 1. The molecule has 1 aliphatic heterocycles. The summed E-state index contributed by atoms with van der Waals surface area (Å²) in [6.45, 7) is 1.26. The Bertz CT molecular complexity index is 807. The van der Waals surface area contributed by atoms with E-state index in [1.54, 1.807) is 12.3 Å². The summed E-state index contributed by atoms with van der Waals surface area (Å²) in [7, 11) is 3.88. The van der Waals surface area contributed by atoms with Crippen LogP contribution in [0.3, 0.4) is 0 Å². The van der Waals surface area contributed by atoms with E-state index >= 15 is 0 Å². The molecule has 1 aromatic heterocycles. The normalized spacial score (nSPS) is 12.2. The summed E-state index contributed by atoms with van der Waals surface area (Å²) in [4.78, 5) is 13.8. The Balaban J connectivity index is 1.42. The summed E-state index contributed by atoms with van der Waals surface area (Å²) in [5.74, 6) is 1.91. The maximum Gasteiger partial charge on any atom is 0.244 e. The highest BCUT2D eigenvalue weighted by Crippen LogP contribution is 2.32. The minimum atomic E-state index is -0.169. The van der Waals surface area contributed by atoms with Gasteiger partial charge in [-0.25, -0.2) is 0 Å². The zero-order valence-corrected chi connectivity index (χ0v) is 14.7. The van der Waals surface area contributed by atoms with Crippen LogP contribution in [-0.2, 0) is 4.79 Å². The average Bonchev–Trinajstić information content (AvgIpc) is 3.11. The van der Waals surface area contributed by atoms with Gasteiger partial charge in [-0.15, -0.1) is 5.10 Å². The molecule has 2 aromatic rings. The maximum absolute atomic E-state index is 11.9. The number of ether oxygens (including phenoxy) is 2. The number of anilines is 2. The summed E-state index contributed by atoms with van der Waals surface area (Å²) in [5.41, 5.74) is 1.83. The second-order valence-corrected chi connectivity index (χ2v) is 5.86. The van der Waals surface area contributed by atoms with Crippen LogP contribution < -0.4 is 25.0 Å². The molecule has 0 fully saturated rings. The van der Waals surface area contributed by atoms with Gasteiger partial charge in [-0.1, -0.05) is 6.07 Å². The molecule has 8 heteroatoms. The zero-order valence-electron chi connectivity index (χ0n) is 14.7. The van der Waals surface area contributed by atoms with Gasteiger partial charge in [0.25, 0.3) is 0 Å². The van der Waals surface area contributed by atoms with Crippen LogP contribution >= 0.6 is 0 Å². The molecular formula is C18H21N5O3. The van der Waals surface area contributed by atoms with Gasteiger partial charge >= 0.3 is 0 Å². The fourth-order valence-electron chi connectivity index (χ4n) is 2.31. The standard InChI is InChI=1S/C18H21N5O3/c1-23(2)14-10-17(22-21-11-14)19-7-8-20-18(24)6-4-13-3-5-15-16(9-13)26-12-25-15/h3-6,9-11H,7-8,12H2,1-2H3,(H,19,22)(H,20,24)/b6-4+. The van der Waals surface area contributed by atoms with Crippen molar-refractivity contribution in [1.82, 2.24) is 15.5 Å². The first-order valence-corrected chi connectivity index (χ1v) is 8.21. The second-order valence-electron chi connectivity index (χ2n) is 5.86. The van der Waals surface area contributed by atoms with Crippen molar-refractivity contribution < 1.29 is 14.3 Å². The van der Waals surface area contributed by atoms with Gasteiger partial charge in [0.1, 0.15) is 0 Å². The fourth-order valence-corrected chi connectivity index (χ4v) is 2.31. The van der Waals surface area contributed by atoms with E-state index in [9.17, 15) is 4.79 Å². The first-order chi connectivity index (χ1) is 12.6. The molecule has 2 N–H and O–H groups in total. The average molecular weight is 355 g/mol. The van der Waals surface area contributed by atoms with E-state index in [4.69, 9.17) is 9.47 Å². The fraction of sp³-hybridized carbons (Fsp3) is 0.278. The molecule has 0 bridgehead atoms. The van der Waals surface area contributed by atoms with E-state index in [0.717, 1.165) is 17.0 Å². The van der Waals surface area contributed by atoms with Crippen molar-refractivity contribution in [2.75, 3.05) is 44.2 Å². The van der Waals surface area contributed by atoms with Crippen LogP contribution in [0.2, 0.25) is 0 Å². The molecular weight excluding hydrogens is 334 g/mol. The number of amides is 1. The van der Waals surface area contributed by atoms with E-state index in [2.05, 4.69) is 20.8 Å². The number of carbonyl (C=O) groups is 1. The third kappa shape index (κ3) is 4.62. The number of rotatable bonds is 7. The Kier molecular flexibility index (Phi) is 5.52. The van der Waals surface area contributed by atoms with E-state index in [1.807, 2.05) is 43.3 Å². The van der Waals surface area contributed by atoms with Crippen molar-refractivity contribution in [2.24, 2.45) is 0 Å². The SMILES string of the molecule is CN(C)c1cnnc(NCCNC(=O)/C=C/c2ccc3c(c2)OCO3)c1. The summed E-state index contributed by atoms with van der Waals surface area (Å²) in [6.07, 6.45) is 4.91. The van der Waals surface area contributed by atoms with E-state index < -0.39 is 0 Å². The lowest BCUT2D eigenvalue weighted by Crippen LogP contribution is -2.27.